The van der Waals surface area contributed by atoms with Gasteiger partial charge in [0.1, 0.15) is 24.8 Å². The molecule has 0 heterocycles. The number of rotatable bonds is 11. The Morgan fingerprint density at radius 2 is 1.74 bits per heavy atom. The molecule has 0 saturated carbocycles. The van der Waals surface area contributed by atoms with Gasteiger partial charge >= 0.3 is 0 Å². The first-order valence-corrected chi connectivity index (χ1v) is 12.2. The summed E-state index contributed by atoms with van der Waals surface area (Å²) < 4.78 is 31.4. The Balaban J connectivity index is 1.64. The fourth-order valence-corrected chi connectivity index (χ4v) is 4.39. The third-order valence-electron chi connectivity index (χ3n) is 4.56. The molecule has 0 fully saturated rings. The third-order valence-corrected chi connectivity index (χ3v) is 5.74. The van der Waals surface area contributed by atoms with Gasteiger partial charge in [-0.05, 0) is 92.4 Å². The van der Waals surface area contributed by atoms with Crippen LogP contribution in [-0.2, 0) is 6.61 Å². The second-order valence-corrected chi connectivity index (χ2v) is 8.83. The topological polar surface area (TPSA) is 69.2 Å². The Morgan fingerprint density at radius 1 is 1.03 bits per heavy atom. The molecular weight excluding hydrogens is 583 g/mol. The minimum absolute atomic E-state index is 0.280. The number of nitrogens with zero attached hydrogens (tertiary/aromatic N) is 1. The van der Waals surface area contributed by atoms with Crippen LogP contribution in [0.5, 0.6) is 17.2 Å². The number of halogens is 3. The molecule has 0 spiro atoms. The first-order valence-electron chi connectivity index (χ1n) is 10.6. The van der Waals surface area contributed by atoms with Gasteiger partial charge in [0.15, 0.2) is 11.5 Å². The highest BCUT2D eigenvalue weighted by atomic mass is 79.9. The molecule has 0 aliphatic heterocycles. The Kier molecular flexibility index (Phi) is 9.86. The van der Waals surface area contributed by atoms with E-state index in [2.05, 4.69) is 49.0 Å². The number of carbonyl (C=O) groups excluding carboxylic acids is 1. The number of carbonyl (C=O) groups is 1. The summed E-state index contributed by atoms with van der Waals surface area (Å²) in [6.07, 6.45) is 3.15. The number of hydrogen-bond acceptors (Lipinski definition) is 5. The van der Waals surface area contributed by atoms with Crippen molar-refractivity contribution < 1.29 is 23.4 Å². The summed E-state index contributed by atoms with van der Waals surface area (Å²) >= 11 is 6.98. The maximum Gasteiger partial charge on any atom is 0.271 e. The summed E-state index contributed by atoms with van der Waals surface area (Å²) in [5.74, 6) is 0.905. The number of nitrogens with one attached hydrogen (secondary N) is 1. The van der Waals surface area contributed by atoms with E-state index in [1.54, 1.807) is 48.5 Å². The number of benzene rings is 3. The minimum Gasteiger partial charge on any atom is -0.490 e. The van der Waals surface area contributed by atoms with Crippen molar-refractivity contribution in [1.29, 1.82) is 0 Å². The highest BCUT2D eigenvalue weighted by molar-refractivity contribution is 9.11. The van der Waals surface area contributed by atoms with Crippen molar-refractivity contribution in [3.8, 4) is 17.2 Å². The summed E-state index contributed by atoms with van der Waals surface area (Å²) in [7, 11) is 0. The third kappa shape index (κ3) is 7.66. The molecule has 3 aromatic carbocycles. The minimum atomic E-state index is -0.394. The summed E-state index contributed by atoms with van der Waals surface area (Å²) in [5, 5.41) is 4.05. The van der Waals surface area contributed by atoms with Crippen LogP contribution in [0.15, 0.2) is 81.3 Å². The summed E-state index contributed by atoms with van der Waals surface area (Å²) in [5.41, 5.74) is 4.45. The average Bonchev–Trinajstić information content (AvgIpc) is 2.84. The van der Waals surface area contributed by atoms with Gasteiger partial charge in [-0.2, -0.15) is 5.10 Å². The predicted molar refractivity (Wildman–Crippen MR) is 141 cm³/mol. The van der Waals surface area contributed by atoms with Gasteiger partial charge in [0, 0.05) is 5.56 Å². The predicted octanol–water partition coefficient (Wildman–Crippen LogP) is 6.66. The summed E-state index contributed by atoms with van der Waals surface area (Å²) in [4.78, 5) is 12.5. The molecule has 6 nitrogen and oxygen atoms in total. The second-order valence-electron chi connectivity index (χ2n) is 7.12. The van der Waals surface area contributed by atoms with E-state index in [0.717, 1.165) is 11.1 Å². The van der Waals surface area contributed by atoms with Gasteiger partial charge in [-0.3, -0.25) is 4.79 Å². The number of ether oxygens (including phenoxy) is 3. The first kappa shape index (κ1) is 26.4. The molecule has 0 saturated heterocycles. The van der Waals surface area contributed by atoms with Crippen molar-refractivity contribution in [3.05, 3.63) is 98.7 Å². The van der Waals surface area contributed by atoms with E-state index in [-0.39, 0.29) is 12.4 Å². The molecule has 0 unspecified atom stereocenters. The molecule has 0 aliphatic rings. The van der Waals surface area contributed by atoms with Crippen molar-refractivity contribution in [3.63, 3.8) is 0 Å². The number of hydrazone groups is 1. The Bertz CT molecular complexity index is 1190. The largest absolute Gasteiger partial charge is 0.490 e. The number of hydrogen-bond donors (Lipinski definition) is 1. The molecule has 35 heavy (non-hydrogen) atoms. The zero-order valence-electron chi connectivity index (χ0n) is 18.9. The van der Waals surface area contributed by atoms with Crippen molar-refractivity contribution in [2.75, 3.05) is 13.2 Å². The molecule has 3 rings (SSSR count). The van der Waals surface area contributed by atoms with Gasteiger partial charge in [0.25, 0.3) is 5.91 Å². The SMILES string of the molecule is C=CCOc1ccc(C(=O)N/N=C/c2cc(Br)c(OCc3ccc(F)cc3)c(Br)c2)cc1OCC. The van der Waals surface area contributed by atoms with E-state index in [9.17, 15) is 9.18 Å². The van der Waals surface area contributed by atoms with Crippen LogP contribution in [0.25, 0.3) is 0 Å². The van der Waals surface area contributed by atoms with Gasteiger partial charge in [-0.25, -0.2) is 9.82 Å². The average molecular weight is 606 g/mol. The Labute approximate surface area is 220 Å². The van der Waals surface area contributed by atoms with Crippen LogP contribution < -0.4 is 19.6 Å². The quantitative estimate of drug-likeness (QED) is 0.151. The van der Waals surface area contributed by atoms with E-state index in [1.807, 2.05) is 6.92 Å². The van der Waals surface area contributed by atoms with Gasteiger partial charge in [-0.1, -0.05) is 24.8 Å². The molecule has 9 heteroatoms. The highest BCUT2D eigenvalue weighted by Crippen LogP contribution is 2.35. The maximum absolute atomic E-state index is 13.1. The lowest BCUT2D eigenvalue weighted by Gasteiger charge is -2.12. The zero-order valence-corrected chi connectivity index (χ0v) is 22.1. The van der Waals surface area contributed by atoms with E-state index in [4.69, 9.17) is 14.2 Å². The van der Waals surface area contributed by atoms with Crippen LogP contribution in [0, 0.1) is 5.82 Å². The van der Waals surface area contributed by atoms with Crippen LogP contribution in [0.2, 0.25) is 0 Å². The summed E-state index contributed by atoms with van der Waals surface area (Å²) in [6.45, 7) is 6.52. The lowest BCUT2D eigenvalue weighted by molar-refractivity contribution is 0.0954. The first-order chi connectivity index (χ1) is 16.9. The van der Waals surface area contributed by atoms with Crippen molar-refractivity contribution >= 4 is 44.0 Å². The van der Waals surface area contributed by atoms with Crippen LogP contribution >= 0.6 is 31.9 Å². The summed E-state index contributed by atoms with van der Waals surface area (Å²) in [6, 6.07) is 14.6. The lowest BCUT2D eigenvalue weighted by atomic mass is 10.2. The van der Waals surface area contributed by atoms with Gasteiger partial charge in [0.2, 0.25) is 0 Å². The molecular formula is C26H23Br2FN2O4. The van der Waals surface area contributed by atoms with Crippen molar-refractivity contribution in [2.24, 2.45) is 5.10 Å². The fourth-order valence-electron chi connectivity index (χ4n) is 2.94. The molecule has 0 aromatic heterocycles. The van der Waals surface area contributed by atoms with E-state index in [0.29, 0.717) is 45.0 Å². The molecule has 0 atom stereocenters. The molecule has 0 radical (unpaired) electrons. The Morgan fingerprint density at radius 3 is 2.40 bits per heavy atom. The molecule has 0 aliphatic carbocycles. The number of amides is 1. The second kappa shape index (κ2) is 13.1. The van der Waals surface area contributed by atoms with Crippen LogP contribution in [0.4, 0.5) is 4.39 Å². The Hall–Kier alpha value is -3.17. The monoisotopic (exact) mass is 604 g/mol. The van der Waals surface area contributed by atoms with E-state index >= 15 is 0 Å². The normalized spacial score (nSPS) is 10.7. The smallest absolute Gasteiger partial charge is 0.271 e. The van der Waals surface area contributed by atoms with Crippen LogP contribution in [0.3, 0.4) is 0 Å². The van der Waals surface area contributed by atoms with Gasteiger partial charge < -0.3 is 14.2 Å². The van der Waals surface area contributed by atoms with Crippen LogP contribution in [0.1, 0.15) is 28.4 Å². The van der Waals surface area contributed by atoms with Gasteiger partial charge in [0.05, 0.1) is 21.8 Å². The van der Waals surface area contributed by atoms with Crippen molar-refractivity contribution in [2.45, 2.75) is 13.5 Å². The molecule has 182 valence electrons. The van der Waals surface area contributed by atoms with Crippen LogP contribution in [-0.4, -0.2) is 25.3 Å². The molecule has 3 aromatic rings. The van der Waals surface area contributed by atoms with Gasteiger partial charge in [-0.15, -0.1) is 0 Å². The maximum atomic E-state index is 13.1. The van der Waals surface area contributed by atoms with E-state index in [1.165, 1.54) is 18.3 Å². The highest BCUT2D eigenvalue weighted by Gasteiger charge is 2.12. The standard InChI is InChI=1S/C26H23Br2FN2O4/c1-3-11-34-23-10-7-19(14-24(23)33-4-2)26(32)31-30-15-18-12-21(27)25(22(28)13-18)35-16-17-5-8-20(29)9-6-17/h3,5-10,12-15H,1,4,11,16H2,2H3,(H,31,32)/b30-15+. The zero-order chi connectivity index (χ0) is 25.2. The molecule has 0 bridgehead atoms. The molecule has 1 amide bonds. The van der Waals surface area contributed by atoms with E-state index < -0.39 is 5.91 Å². The molecule has 1 N–H and O–H groups in total. The van der Waals surface area contributed by atoms with Crippen molar-refractivity contribution in [1.82, 2.24) is 5.43 Å². The lowest BCUT2D eigenvalue weighted by Crippen LogP contribution is -2.17. The fraction of sp³-hybridized carbons (Fsp3) is 0.154.